The number of aromatic nitrogens is 1. The van der Waals surface area contributed by atoms with E-state index in [1.807, 2.05) is 6.07 Å². The summed E-state index contributed by atoms with van der Waals surface area (Å²) in [6.07, 6.45) is 1.99. The van der Waals surface area contributed by atoms with Crippen LogP contribution in [0.1, 0.15) is 24.3 Å². The Labute approximate surface area is 143 Å². The number of rotatable bonds is 3. The quantitative estimate of drug-likeness (QED) is 0.883. The third-order valence-electron chi connectivity index (χ3n) is 4.12. The molecular formula is C17H16ClFN2O3. The highest BCUT2D eigenvalue weighted by Gasteiger charge is 2.26. The largest absolute Gasteiger partial charge is 0.465 e. The van der Waals surface area contributed by atoms with Gasteiger partial charge in [-0.2, -0.15) is 0 Å². The van der Waals surface area contributed by atoms with Crippen LogP contribution < -0.4 is 4.74 Å². The Morgan fingerprint density at radius 2 is 2.04 bits per heavy atom. The van der Waals surface area contributed by atoms with Gasteiger partial charge in [0.05, 0.1) is 5.02 Å². The number of carbonyl (C=O) groups is 1. The maximum Gasteiger partial charge on any atom is 0.407 e. The fraction of sp³-hybridized carbons (Fsp3) is 0.294. The molecular weight excluding hydrogens is 335 g/mol. The van der Waals surface area contributed by atoms with Crippen LogP contribution in [-0.2, 0) is 0 Å². The van der Waals surface area contributed by atoms with Crippen LogP contribution in [0.4, 0.5) is 9.18 Å². The average Bonchev–Trinajstić information content (AvgIpc) is 2.59. The molecule has 24 heavy (non-hydrogen) atoms. The maximum atomic E-state index is 13.9. The number of nitrogens with zero attached hydrogens (tertiary/aromatic N) is 2. The Morgan fingerprint density at radius 3 is 2.71 bits per heavy atom. The number of hydrogen-bond acceptors (Lipinski definition) is 3. The third kappa shape index (κ3) is 3.43. The van der Waals surface area contributed by atoms with E-state index in [9.17, 15) is 9.18 Å². The summed E-state index contributed by atoms with van der Waals surface area (Å²) in [6.45, 7) is 0.906. The van der Waals surface area contributed by atoms with Gasteiger partial charge in [-0.3, -0.25) is 0 Å². The average molecular weight is 351 g/mol. The Hall–Kier alpha value is -2.34. The number of amides is 1. The second-order valence-corrected chi connectivity index (χ2v) is 6.00. The van der Waals surface area contributed by atoms with Crippen molar-refractivity contribution in [2.45, 2.75) is 18.8 Å². The minimum atomic E-state index is -0.908. The first-order chi connectivity index (χ1) is 11.6. The Balaban J connectivity index is 1.83. The summed E-state index contributed by atoms with van der Waals surface area (Å²) in [6, 6.07) is 7.99. The minimum Gasteiger partial charge on any atom is -0.465 e. The lowest BCUT2D eigenvalue weighted by Crippen LogP contribution is -2.36. The van der Waals surface area contributed by atoms with E-state index in [1.165, 1.54) is 17.0 Å². The van der Waals surface area contributed by atoms with E-state index in [0.717, 1.165) is 5.56 Å². The summed E-state index contributed by atoms with van der Waals surface area (Å²) in [4.78, 5) is 16.6. The van der Waals surface area contributed by atoms with Crippen molar-refractivity contribution < 1.29 is 19.0 Å². The van der Waals surface area contributed by atoms with Crippen LogP contribution in [0, 0.1) is 5.82 Å². The van der Waals surface area contributed by atoms with Gasteiger partial charge >= 0.3 is 6.09 Å². The molecule has 0 radical (unpaired) electrons. The lowest BCUT2D eigenvalue weighted by molar-refractivity contribution is 0.132. The van der Waals surface area contributed by atoms with Crippen LogP contribution in [-0.4, -0.2) is 34.2 Å². The summed E-state index contributed by atoms with van der Waals surface area (Å²) in [5, 5.41) is 9.21. The van der Waals surface area contributed by atoms with E-state index in [0.29, 0.717) is 31.8 Å². The van der Waals surface area contributed by atoms with Crippen molar-refractivity contribution in [3.63, 3.8) is 0 Å². The number of benzene rings is 1. The van der Waals surface area contributed by atoms with Gasteiger partial charge in [-0.25, -0.2) is 14.2 Å². The van der Waals surface area contributed by atoms with Crippen LogP contribution >= 0.6 is 11.6 Å². The number of ether oxygens (including phenoxy) is 1. The van der Waals surface area contributed by atoms with E-state index in [1.54, 1.807) is 18.3 Å². The molecule has 2 heterocycles. The van der Waals surface area contributed by atoms with Crippen molar-refractivity contribution in [1.82, 2.24) is 9.88 Å². The SMILES string of the molecule is O=C(O)N1CCC(c2cccnc2Oc2c(F)cccc2Cl)CC1. The molecule has 1 aliphatic heterocycles. The molecule has 3 rings (SSSR count). The molecule has 1 amide bonds. The molecule has 1 aliphatic rings. The second-order valence-electron chi connectivity index (χ2n) is 5.59. The monoisotopic (exact) mass is 350 g/mol. The first-order valence-electron chi connectivity index (χ1n) is 7.61. The molecule has 126 valence electrons. The van der Waals surface area contributed by atoms with Crippen LogP contribution in [0.15, 0.2) is 36.5 Å². The van der Waals surface area contributed by atoms with E-state index in [4.69, 9.17) is 21.4 Å². The van der Waals surface area contributed by atoms with Crippen molar-refractivity contribution in [2.75, 3.05) is 13.1 Å². The number of hydrogen-bond donors (Lipinski definition) is 1. The standard InChI is InChI=1S/C17H16ClFN2O3/c18-13-4-1-5-14(19)15(13)24-16-12(3-2-8-20-16)11-6-9-21(10-7-11)17(22)23/h1-5,8,11H,6-7,9-10H2,(H,22,23). The molecule has 1 fully saturated rings. The molecule has 1 aromatic carbocycles. The van der Waals surface area contributed by atoms with Crippen molar-refractivity contribution in [1.29, 1.82) is 0 Å². The predicted molar refractivity (Wildman–Crippen MR) is 87.3 cm³/mol. The fourth-order valence-electron chi connectivity index (χ4n) is 2.86. The van der Waals surface area contributed by atoms with Crippen molar-refractivity contribution >= 4 is 17.7 Å². The molecule has 1 saturated heterocycles. The molecule has 5 nitrogen and oxygen atoms in total. The van der Waals surface area contributed by atoms with E-state index in [2.05, 4.69) is 4.98 Å². The number of pyridine rings is 1. The molecule has 0 atom stereocenters. The molecule has 0 saturated carbocycles. The highest BCUT2D eigenvalue weighted by molar-refractivity contribution is 6.32. The van der Waals surface area contributed by atoms with Gasteiger partial charge in [-0.1, -0.05) is 23.7 Å². The maximum absolute atomic E-state index is 13.9. The van der Waals surface area contributed by atoms with Crippen molar-refractivity contribution in [2.24, 2.45) is 0 Å². The van der Waals surface area contributed by atoms with Crippen molar-refractivity contribution in [3.8, 4) is 11.6 Å². The summed E-state index contributed by atoms with van der Waals surface area (Å²) in [7, 11) is 0. The highest BCUT2D eigenvalue weighted by Crippen LogP contribution is 2.37. The smallest absolute Gasteiger partial charge is 0.407 e. The van der Waals surface area contributed by atoms with Crippen LogP contribution in [0.3, 0.4) is 0 Å². The van der Waals surface area contributed by atoms with E-state index >= 15 is 0 Å². The summed E-state index contributed by atoms with van der Waals surface area (Å²) in [5.74, 6) is -0.199. The van der Waals surface area contributed by atoms with Gasteiger partial charge in [0.2, 0.25) is 5.88 Å². The van der Waals surface area contributed by atoms with Gasteiger partial charge < -0.3 is 14.7 Å². The fourth-order valence-corrected chi connectivity index (χ4v) is 3.06. The molecule has 0 aliphatic carbocycles. The zero-order valence-electron chi connectivity index (χ0n) is 12.8. The molecule has 2 aromatic rings. The number of halogens is 2. The topological polar surface area (TPSA) is 62.7 Å². The molecule has 1 aromatic heterocycles. The number of carboxylic acid groups (broad SMARTS) is 1. The highest BCUT2D eigenvalue weighted by atomic mass is 35.5. The third-order valence-corrected chi connectivity index (χ3v) is 4.42. The zero-order valence-corrected chi connectivity index (χ0v) is 13.5. The van der Waals surface area contributed by atoms with Crippen molar-refractivity contribution in [3.05, 3.63) is 52.9 Å². The molecule has 0 spiro atoms. The van der Waals surface area contributed by atoms with Gasteiger partial charge in [-0.15, -0.1) is 0 Å². The predicted octanol–water partition coefficient (Wildman–Crippen LogP) is 4.52. The van der Waals surface area contributed by atoms with Crippen LogP contribution in [0.5, 0.6) is 11.6 Å². The van der Waals surface area contributed by atoms with E-state index in [-0.39, 0.29) is 16.7 Å². The van der Waals surface area contributed by atoms with Gasteiger partial charge in [0.15, 0.2) is 11.6 Å². The lowest BCUT2D eigenvalue weighted by Gasteiger charge is -2.30. The van der Waals surface area contributed by atoms with Gasteiger partial charge in [0.1, 0.15) is 0 Å². The normalized spacial score (nSPS) is 15.3. The Morgan fingerprint density at radius 1 is 1.29 bits per heavy atom. The van der Waals surface area contributed by atoms with Gasteiger partial charge in [0, 0.05) is 24.8 Å². The summed E-state index contributed by atoms with van der Waals surface area (Å²) < 4.78 is 19.6. The number of likely N-dealkylation sites (tertiary alicyclic amines) is 1. The summed E-state index contributed by atoms with van der Waals surface area (Å²) >= 11 is 6.01. The van der Waals surface area contributed by atoms with Gasteiger partial charge in [0.25, 0.3) is 0 Å². The molecule has 1 N–H and O–H groups in total. The molecule has 0 bridgehead atoms. The van der Waals surface area contributed by atoms with Crippen LogP contribution in [0.25, 0.3) is 0 Å². The number of piperidine rings is 1. The summed E-state index contributed by atoms with van der Waals surface area (Å²) in [5.41, 5.74) is 0.835. The zero-order chi connectivity index (χ0) is 17.1. The van der Waals surface area contributed by atoms with Crippen LogP contribution in [0.2, 0.25) is 5.02 Å². The first-order valence-corrected chi connectivity index (χ1v) is 7.98. The number of para-hydroxylation sites is 1. The Kier molecular flexibility index (Phi) is 4.85. The Bertz CT molecular complexity index is 728. The molecule has 0 unspecified atom stereocenters. The first kappa shape index (κ1) is 16.5. The lowest BCUT2D eigenvalue weighted by atomic mass is 9.90. The molecule has 7 heteroatoms. The second kappa shape index (κ2) is 7.05. The van der Waals surface area contributed by atoms with E-state index < -0.39 is 11.9 Å². The minimum absolute atomic E-state index is 0.0536. The van der Waals surface area contributed by atoms with Gasteiger partial charge in [-0.05, 0) is 37.0 Å².